The lowest BCUT2D eigenvalue weighted by atomic mass is 10.2. The number of unbranched alkanes of at least 4 members (excludes halogenated alkanes) is 3. The number of benzene rings is 1. The van der Waals surface area contributed by atoms with Gasteiger partial charge in [-0.3, -0.25) is 9.24 Å². The summed E-state index contributed by atoms with van der Waals surface area (Å²) in [7, 11) is 3.53. The summed E-state index contributed by atoms with van der Waals surface area (Å²) in [6.07, 6.45) is 5.72. The van der Waals surface area contributed by atoms with E-state index in [-0.39, 0.29) is 0 Å². The summed E-state index contributed by atoms with van der Waals surface area (Å²) in [4.78, 5) is 0.577. The third-order valence-corrected chi connectivity index (χ3v) is 10.6. The summed E-state index contributed by atoms with van der Waals surface area (Å²) < 4.78 is 20.7. The van der Waals surface area contributed by atoms with Crippen molar-refractivity contribution in [2.24, 2.45) is 0 Å². The number of thiocarbonyl (C=S) groups is 1. The van der Waals surface area contributed by atoms with E-state index in [1.54, 1.807) is 18.8 Å². The molecular weight excluding hydrogens is 383 g/mol. The van der Waals surface area contributed by atoms with Crippen molar-refractivity contribution < 1.29 is 9.30 Å². The van der Waals surface area contributed by atoms with Crippen LogP contribution in [0.3, 0.4) is 0 Å². The van der Waals surface area contributed by atoms with Crippen LogP contribution in [0.4, 0.5) is 0 Å². The zero-order valence-corrected chi connectivity index (χ0v) is 19.2. The van der Waals surface area contributed by atoms with Gasteiger partial charge in [-0.2, -0.15) is 0 Å². The highest BCUT2D eigenvalue weighted by Gasteiger charge is 2.31. The van der Waals surface area contributed by atoms with E-state index < -0.39 is 6.65 Å². The summed E-state index contributed by atoms with van der Waals surface area (Å²) in [5.41, 5.74) is 0.876. The molecule has 1 aromatic carbocycles. The maximum atomic E-state index is 13.2. The number of hydrogen-bond donors (Lipinski definition) is 1. The predicted molar refractivity (Wildman–Crippen MR) is 120 cm³/mol. The van der Waals surface area contributed by atoms with Crippen molar-refractivity contribution in [2.75, 3.05) is 20.7 Å². The van der Waals surface area contributed by atoms with Crippen LogP contribution in [0.2, 0.25) is 0 Å². The number of hydrogen-bond acceptors (Lipinski definition) is 4. The molecule has 0 aliphatic carbocycles. The van der Waals surface area contributed by atoms with Gasteiger partial charge in [0.25, 0.3) is 6.65 Å². The highest BCUT2D eigenvalue weighted by atomic mass is 32.7. The van der Waals surface area contributed by atoms with Gasteiger partial charge in [-0.1, -0.05) is 63.6 Å². The van der Waals surface area contributed by atoms with E-state index in [0.29, 0.717) is 10.2 Å². The Hall–Kier alpha value is -0.550. The van der Waals surface area contributed by atoms with Crippen LogP contribution in [-0.2, 0) is 4.57 Å². The average molecular weight is 417 g/mol. The Bertz CT molecular complexity index is 596. The van der Waals surface area contributed by atoms with Crippen LogP contribution in [0.5, 0.6) is 5.75 Å². The molecule has 0 aliphatic heterocycles. The van der Waals surface area contributed by atoms with Gasteiger partial charge in [0.2, 0.25) is 0 Å². The maximum Gasteiger partial charge on any atom is 0.293 e. The van der Waals surface area contributed by atoms with E-state index >= 15 is 0 Å². The minimum atomic E-state index is -2.80. The molecule has 0 bridgehead atoms. The first-order valence-electron chi connectivity index (χ1n) is 9.36. The quantitative estimate of drug-likeness (QED) is 0.252. The molecule has 0 aromatic heterocycles. The second kappa shape index (κ2) is 12.0. The number of rotatable bonds is 12. The van der Waals surface area contributed by atoms with Crippen LogP contribution in [0.25, 0.3) is 0 Å². The molecule has 0 heterocycles. The van der Waals surface area contributed by atoms with Crippen LogP contribution in [0, 0.1) is 0 Å². The molecule has 0 amide bonds. The fourth-order valence-electron chi connectivity index (χ4n) is 2.31. The van der Waals surface area contributed by atoms with Gasteiger partial charge in [-0.05, 0) is 44.2 Å². The zero-order valence-electron chi connectivity index (χ0n) is 16.7. The molecule has 0 saturated carbocycles. The lowest BCUT2D eigenvalue weighted by molar-refractivity contribution is 0.305. The van der Waals surface area contributed by atoms with Gasteiger partial charge in [0.15, 0.2) is 0 Å². The van der Waals surface area contributed by atoms with Gasteiger partial charge in [0.05, 0.1) is 6.61 Å². The van der Waals surface area contributed by atoms with Crippen molar-refractivity contribution in [2.45, 2.75) is 58.1 Å². The van der Waals surface area contributed by atoms with Gasteiger partial charge in [0.1, 0.15) is 10.7 Å². The minimum Gasteiger partial charge on any atom is -0.494 e. The molecule has 2 unspecified atom stereocenters. The molecule has 0 saturated heterocycles. The lowest BCUT2D eigenvalue weighted by Gasteiger charge is -2.30. The van der Waals surface area contributed by atoms with Crippen LogP contribution >= 0.6 is 30.2 Å². The fourth-order valence-corrected chi connectivity index (χ4v) is 7.38. The summed E-state index contributed by atoms with van der Waals surface area (Å²) >= 11 is 7.04. The van der Waals surface area contributed by atoms with Crippen molar-refractivity contribution in [3.05, 3.63) is 29.8 Å². The Balaban J connectivity index is 2.69. The van der Waals surface area contributed by atoms with Crippen LogP contribution in [-0.4, -0.2) is 35.6 Å². The summed E-state index contributed by atoms with van der Waals surface area (Å²) in [5, 5.41) is 3.28. The highest BCUT2D eigenvalue weighted by molar-refractivity contribution is 8.57. The fraction of sp³-hybridized carbons (Fsp3) is 0.632. The Kier molecular flexibility index (Phi) is 10.9. The molecule has 2 atom stereocenters. The smallest absolute Gasteiger partial charge is 0.293 e. The van der Waals surface area contributed by atoms with Gasteiger partial charge >= 0.3 is 0 Å². The lowest BCUT2D eigenvalue weighted by Crippen LogP contribution is -2.27. The molecule has 1 rings (SSSR count). The first kappa shape index (κ1) is 23.5. The normalized spacial score (nSPS) is 14.5. The van der Waals surface area contributed by atoms with Crippen molar-refractivity contribution in [3.8, 4) is 5.75 Å². The third kappa shape index (κ3) is 7.22. The zero-order chi connectivity index (χ0) is 19.6. The second-order valence-corrected chi connectivity index (χ2v) is 11.9. The van der Waals surface area contributed by atoms with Gasteiger partial charge < -0.3 is 4.74 Å². The Labute approximate surface area is 168 Å². The number of nitrogens with one attached hydrogen (secondary N) is 1. The summed E-state index contributed by atoms with van der Waals surface area (Å²) in [6.45, 7) is 4.32. The van der Waals surface area contributed by atoms with E-state index in [2.05, 4.69) is 25.9 Å². The third-order valence-electron chi connectivity index (χ3n) is 4.24. The molecular formula is C19H33N2O2PS2. The number of ether oxygens (including phenoxy) is 1. The largest absolute Gasteiger partial charge is 0.494 e. The SMILES string of the molecule is CCCCCCOc1ccc(C(=S)N(C)P(=O)(NC)SC(C)CC)cc1. The second-order valence-electron chi connectivity index (χ2n) is 6.33. The topological polar surface area (TPSA) is 41.6 Å². The first-order chi connectivity index (χ1) is 12.4. The van der Waals surface area contributed by atoms with Crippen LogP contribution in [0.1, 0.15) is 58.4 Å². The Morgan fingerprint density at radius 1 is 1.27 bits per heavy atom. The van der Waals surface area contributed by atoms with Crippen molar-refractivity contribution >= 4 is 35.2 Å². The van der Waals surface area contributed by atoms with Gasteiger partial charge in [-0.25, -0.2) is 5.09 Å². The van der Waals surface area contributed by atoms with Crippen molar-refractivity contribution in [3.63, 3.8) is 0 Å². The molecule has 1 aromatic rings. The van der Waals surface area contributed by atoms with E-state index in [9.17, 15) is 4.57 Å². The van der Waals surface area contributed by atoms with Crippen LogP contribution in [0.15, 0.2) is 24.3 Å². The molecule has 1 N–H and O–H groups in total. The summed E-state index contributed by atoms with van der Waals surface area (Å²) in [6, 6.07) is 7.74. The monoisotopic (exact) mass is 416 g/mol. The number of nitrogens with zero attached hydrogens (tertiary/aromatic N) is 1. The molecule has 0 aliphatic rings. The molecule has 148 valence electrons. The predicted octanol–water partition coefficient (Wildman–Crippen LogP) is 6.11. The Morgan fingerprint density at radius 3 is 2.46 bits per heavy atom. The van der Waals surface area contributed by atoms with Crippen molar-refractivity contribution in [1.82, 2.24) is 9.76 Å². The molecule has 0 spiro atoms. The molecule has 0 fully saturated rings. The van der Waals surface area contributed by atoms with Crippen LogP contribution < -0.4 is 9.82 Å². The van der Waals surface area contributed by atoms with Crippen molar-refractivity contribution in [1.29, 1.82) is 0 Å². The molecule has 7 heteroatoms. The molecule has 4 nitrogen and oxygen atoms in total. The van der Waals surface area contributed by atoms with E-state index in [4.69, 9.17) is 17.0 Å². The van der Waals surface area contributed by atoms with E-state index in [1.165, 1.54) is 30.6 Å². The van der Waals surface area contributed by atoms with Gasteiger partial charge in [0, 0.05) is 17.9 Å². The van der Waals surface area contributed by atoms with Gasteiger partial charge in [-0.15, -0.1) is 0 Å². The maximum absolute atomic E-state index is 13.2. The molecule has 0 radical (unpaired) electrons. The first-order valence-corrected chi connectivity index (χ1v) is 12.9. The van der Waals surface area contributed by atoms with E-state index in [1.807, 2.05) is 24.3 Å². The van der Waals surface area contributed by atoms with E-state index in [0.717, 1.165) is 30.8 Å². The minimum absolute atomic E-state index is 0.294. The molecule has 26 heavy (non-hydrogen) atoms. The Morgan fingerprint density at radius 2 is 1.92 bits per heavy atom. The average Bonchev–Trinajstić information content (AvgIpc) is 2.66. The standard InChI is InChI=1S/C19H33N2O2PS2/c1-6-8-9-10-15-23-18-13-11-17(12-14-18)19(25)21(5)24(22,20-4)26-16(3)7-2/h11-14,16H,6-10,15H2,1-5H3,(H,20,22). The summed E-state index contributed by atoms with van der Waals surface area (Å²) in [5.74, 6) is 0.849. The highest BCUT2D eigenvalue weighted by Crippen LogP contribution is 2.59.